The first kappa shape index (κ1) is 14.9. The van der Waals surface area contributed by atoms with Crippen LogP contribution in [0.4, 0.5) is 11.5 Å². The van der Waals surface area contributed by atoms with E-state index in [1.54, 1.807) is 0 Å². The van der Waals surface area contributed by atoms with E-state index >= 15 is 0 Å². The highest BCUT2D eigenvalue weighted by molar-refractivity contribution is 5.98. The molecule has 2 atom stereocenters. The summed E-state index contributed by atoms with van der Waals surface area (Å²) in [6.07, 6.45) is 1.90. The molecule has 1 amide bonds. The van der Waals surface area contributed by atoms with Crippen LogP contribution >= 0.6 is 0 Å². The fourth-order valence-electron chi connectivity index (χ4n) is 1.57. The van der Waals surface area contributed by atoms with E-state index in [1.807, 2.05) is 20.8 Å². The number of amides is 1. The number of hydrogen-bond acceptors (Lipinski definition) is 5. The highest BCUT2D eigenvalue weighted by Crippen LogP contribution is 2.19. The van der Waals surface area contributed by atoms with Gasteiger partial charge in [-0.05, 0) is 18.9 Å². The molecule has 3 N–H and O–H groups in total. The smallest absolute Gasteiger partial charge is 0.300 e. The minimum Gasteiger partial charge on any atom is -0.384 e. The summed E-state index contributed by atoms with van der Waals surface area (Å²) in [6, 6.07) is 1.14. The summed E-state index contributed by atoms with van der Waals surface area (Å²) in [4.78, 5) is 25.9. The molecule has 19 heavy (non-hydrogen) atoms. The van der Waals surface area contributed by atoms with Crippen molar-refractivity contribution in [2.45, 2.75) is 33.2 Å². The van der Waals surface area contributed by atoms with Gasteiger partial charge in [0.1, 0.15) is 17.6 Å². The number of nitrogens with two attached hydrogens (primary N) is 1. The van der Waals surface area contributed by atoms with Crippen molar-refractivity contribution >= 4 is 17.4 Å². The lowest BCUT2D eigenvalue weighted by Crippen LogP contribution is -2.37. The average Bonchev–Trinajstić information content (AvgIpc) is 2.36. The molecule has 1 rings (SSSR count). The fourth-order valence-corrected chi connectivity index (χ4v) is 1.57. The van der Waals surface area contributed by atoms with Crippen LogP contribution in [0.15, 0.2) is 12.3 Å². The van der Waals surface area contributed by atoms with Gasteiger partial charge >= 0.3 is 0 Å². The van der Waals surface area contributed by atoms with E-state index < -0.39 is 10.8 Å². The van der Waals surface area contributed by atoms with Crippen LogP contribution in [0.25, 0.3) is 0 Å². The van der Waals surface area contributed by atoms with E-state index in [0.29, 0.717) is 0 Å². The average molecular weight is 266 g/mol. The quantitative estimate of drug-likeness (QED) is 0.622. The van der Waals surface area contributed by atoms with Gasteiger partial charge in [-0.15, -0.1) is 0 Å². The number of carbonyl (C=O) groups is 1. The summed E-state index contributed by atoms with van der Waals surface area (Å²) in [5.74, 6) is -0.150. The van der Waals surface area contributed by atoms with Crippen molar-refractivity contribution in [2.24, 2.45) is 5.92 Å². The van der Waals surface area contributed by atoms with E-state index in [1.165, 1.54) is 6.07 Å². The zero-order valence-corrected chi connectivity index (χ0v) is 11.2. The molecule has 7 heteroatoms. The number of rotatable bonds is 5. The minimum absolute atomic E-state index is 0.0624. The van der Waals surface area contributed by atoms with Crippen LogP contribution in [0.1, 0.15) is 37.6 Å². The molecule has 2 unspecified atom stereocenters. The van der Waals surface area contributed by atoms with Gasteiger partial charge < -0.3 is 11.1 Å². The molecule has 0 saturated heterocycles. The van der Waals surface area contributed by atoms with Gasteiger partial charge in [0.15, 0.2) is 0 Å². The maximum atomic E-state index is 12.1. The number of nitrogen functional groups attached to an aromatic ring is 1. The maximum Gasteiger partial charge on any atom is 0.300 e. The van der Waals surface area contributed by atoms with Crippen LogP contribution in [0.5, 0.6) is 0 Å². The first-order chi connectivity index (χ1) is 8.86. The molecular weight excluding hydrogens is 248 g/mol. The van der Waals surface area contributed by atoms with Crippen LogP contribution in [0, 0.1) is 16.0 Å². The topological polar surface area (TPSA) is 111 Å². The lowest BCUT2D eigenvalue weighted by molar-refractivity contribution is -0.385. The van der Waals surface area contributed by atoms with Crippen LogP contribution in [-0.2, 0) is 0 Å². The van der Waals surface area contributed by atoms with Crippen molar-refractivity contribution in [3.8, 4) is 0 Å². The largest absolute Gasteiger partial charge is 0.384 e. The third-order valence-corrected chi connectivity index (χ3v) is 3.20. The van der Waals surface area contributed by atoms with Gasteiger partial charge in [-0.25, -0.2) is 4.98 Å². The van der Waals surface area contributed by atoms with Gasteiger partial charge in [-0.3, -0.25) is 14.9 Å². The monoisotopic (exact) mass is 266 g/mol. The Balaban J connectivity index is 2.99. The Morgan fingerprint density at radius 2 is 2.21 bits per heavy atom. The molecule has 1 heterocycles. The van der Waals surface area contributed by atoms with E-state index in [-0.39, 0.29) is 29.0 Å². The van der Waals surface area contributed by atoms with Crippen molar-refractivity contribution in [2.75, 3.05) is 5.73 Å². The highest BCUT2D eigenvalue weighted by Gasteiger charge is 2.23. The first-order valence-electron chi connectivity index (χ1n) is 6.07. The Kier molecular flexibility index (Phi) is 4.80. The molecule has 0 aliphatic rings. The summed E-state index contributed by atoms with van der Waals surface area (Å²) in [7, 11) is 0. The molecule has 0 aliphatic heterocycles. The van der Waals surface area contributed by atoms with Gasteiger partial charge in [0.25, 0.3) is 11.6 Å². The second kappa shape index (κ2) is 6.12. The van der Waals surface area contributed by atoms with Crippen LogP contribution < -0.4 is 11.1 Å². The summed E-state index contributed by atoms with van der Waals surface area (Å²) < 4.78 is 0. The molecule has 0 aromatic carbocycles. The molecule has 0 spiro atoms. The van der Waals surface area contributed by atoms with Crippen molar-refractivity contribution in [1.29, 1.82) is 0 Å². The number of hydrogen-bond donors (Lipinski definition) is 2. The Morgan fingerprint density at radius 3 is 2.74 bits per heavy atom. The molecule has 104 valence electrons. The zero-order valence-electron chi connectivity index (χ0n) is 11.2. The Labute approximate surface area is 111 Å². The molecule has 0 fully saturated rings. The van der Waals surface area contributed by atoms with Gasteiger partial charge in [-0.1, -0.05) is 20.3 Å². The van der Waals surface area contributed by atoms with Crippen molar-refractivity contribution in [3.63, 3.8) is 0 Å². The van der Waals surface area contributed by atoms with Gasteiger partial charge in [0.2, 0.25) is 0 Å². The van der Waals surface area contributed by atoms with E-state index in [9.17, 15) is 14.9 Å². The lowest BCUT2D eigenvalue weighted by Gasteiger charge is -2.19. The molecule has 1 aromatic heterocycles. The lowest BCUT2D eigenvalue weighted by atomic mass is 10.0. The Morgan fingerprint density at radius 1 is 1.58 bits per heavy atom. The second-order valence-corrected chi connectivity index (χ2v) is 4.53. The summed E-state index contributed by atoms with van der Waals surface area (Å²) in [5.41, 5.74) is 5.06. The maximum absolute atomic E-state index is 12.1. The van der Waals surface area contributed by atoms with Gasteiger partial charge in [0, 0.05) is 6.04 Å². The molecule has 0 bridgehead atoms. The summed E-state index contributed by atoms with van der Waals surface area (Å²) >= 11 is 0. The zero-order chi connectivity index (χ0) is 14.6. The number of nitro groups is 1. The molecule has 0 saturated carbocycles. The molecule has 0 radical (unpaired) electrons. The molecule has 1 aromatic rings. The predicted molar refractivity (Wildman–Crippen MR) is 71.7 cm³/mol. The number of nitrogens with one attached hydrogen (secondary N) is 1. The standard InChI is InChI=1S/C12H18N4O3/c1-4-7(2)8(3)15-12(17)9-5-11(13)14-6-10(9)16(18)19/h5-8H,4H2,1-3H3,(H2,13,14)(H,15,17). The van der Waals surface area contributed by atoms with Gasteiger partial charge in [-0.2, -0.15) is 0 Å². The van der Waals surface area contributed by atoms with Gasteiger partial charge in [0.05, 0.1) is 4.92 Å². The van der Waals surface area contributed by atoms with E-state index in [4.69, 9.17) is 5.73 Å². The van der Waals surface area contributed by atoms with Crippen LogP contribution in [-0.4, -0.2) is 21.9 Å². The minimum atomic E-state index is -0.644. The molecular formula is C12H18N4O3. The number of pyridine rings is 1. The second-order valence-electron chi connectivity index (χ2n) is 4.53. The molecule has 0 aliphatic carbocycles. The van der Waals surface area contributed by atoms with Crippen LogP contribution in [0.2, 0.25) is 0 Å². The predicted octanol–water partition coefficient (Wildman–Crippen LogP) is 1.74. The van der Waals surface area contributed by atoms with E-state index in [2.05, 4.69) is 10.3 Å². The number of carbonyl (C=O) groups excluding carboxylic acids is 1. The highest BCUT2D eigenvalue weighted by atomic mass is 16.6. The number of nitrogens with zero attached hydrogens (tertiary/aromatic N) is 2. The normalized spacial score (nSPS) is 13.6. The summed E-state index contributed by atoms with van der Waals surface area (Å²) in [5, 5.41) is 13.6. The SMILES string of the molecule is CCC(C)C(C)NC(=O)c1cc(N)ncc1[N+](=O)[O-]. The molecule has 7 nitrogen and oxygen atoms in total. The van der Waals surface area contributed by atoms with E-state index in [0.717, 1.165) is 12.6 Å². The van der Waals surface area contributed by atoms with Crippen LogP contribution in [0.3, 0.4) is 0 Å². The van der Waals surface area contributed by atoms with Crippen molar-refractivity contribution in [3.05, 3.63) is 27.9 Å². The fraction of sp³-hybridized carbons (Fsp3) is 0.500. The third kappa shape index (κ3) is 3.64. The van der Waals surface area contributed by atoms with Crippen molar-refractivity contribution in [1.82, 2.24) is 10.3 Å². The third-order valence-electron chi connectivity index (χ3n) is 3.20. The first-order valence-corrected chi connectivity index (χ1v) is 6.07. The summed E-state index contributed by atoms with van der Waals surface area (Å²) in [6.45, 7) is 5.88. The Hall–Kier alpha value is -2.18. The van der Waals surface area contributed by atoms with Crippen molar-refractivity contribution < 1.29 is 9.72 Å². The Bertz CT molecular complexity index is 490. The number of anilines is 1. The number of aromatic nitrogens is 1.